The summed E-state index contributed by atoms with van der Waals surface area (Å²) in [5.74, 6) is 0.690. The van der Waals surface area contributed by atoms with Gasteiger partial charge in [0.15, 0.2) is 0 Å². The summed E-state index contributed by atoms with van der Waals surface area (Å²) in [5, 5.41) is 3.43. The van der Waals surface area contributed by atoms with Crippen molar-refractivity contribution in [2.45, 2.75) is 53.0 Å². The smallest absolute Gasteiger partial charge is 0.213 e. The molecule has 0 aliphatic rings. The zero-order valence-electron chi connectivity index (χ0n) is 14.2. The molecule has 4 heteroatoms. The summed E-state index contributed by atoms with van der Waals surface area (Å²) >= 11 is 0. The molecule has 0 atom stereocenters. The lowest BCUT2D eigenvalue weighted by Gasteiger charge is -2.20. The number of pyridine rings is 1. The van der Waals surface area contributed by atoms with Gasteiger partial charge >= 0.3 is 0 Å². The molecule has 0 aliphatic carbocycles. The van der Waals surface area contributed by atoms with Crippen LogP contribution in [0.5, 0.6) is 5.88 Å². The first kappa shape index (κ1) is 17.9. The van der Waals surface area contributed by atoms with Crippen molar-refractivity contribution >= 4 is 0 Å². The molecule has 1 N–H and O–H groups in total. The van der Waals surface area contributed by atoms with Crippen LogP contribution in [0, 0.1) is 0 Å². The van der Waals surface area contributed by atoms with Crippen molar-refractivity contribution in [3.05, 3.63) is 23.4 Å². The monoisotopic (exact) mass is 294 g/mol. The third-order valence-corrected chi connectivity index (χ3v) is 3.07. The molecule has 0 amide bonds. The summed E-state index contributed by atoms with van der Waals surface area (Å²) in [6.45, 7) is 14.4. The number of rotatable bonds is 9. The summed E-state index contributed by atoms with van der Waals surface area (Å²) < 4.78 is 11.0. The largest absolute Gasteiger partial charge is 0.475 e. The molecular formula is C17H30N2O2. The zero-order chi connectivity index (χ0) is 15.7. The fourth-order valence-corrected chi connectivity index (χ4v) is 1.88. The minimum Gasteiger partial charge on any atom is -0.475 e. The van der Waals surface area contributed by atoms with E-state index in [2.05, 4.69) is 44.1 Å². The average molecular weight is 294 g/mol. The number of hydrogen-bond acceptors (Lipinski definition) is 4. The minimum atomic E-state index is 0.0127. The van der Waals surface area contributed by atoms with Gasteiger partial charge in [-0.3, -0.25) is 0 Å². The van der Waals surface area contributed by atoms with Crippen LogP contribution in [0.3, 0.4) is 0 Å². The van der Waals surface area contributed by atoms with Crippen LogP contribution < -0.4 is 10.1 Å². The van der Waals surface area contributed by atoms with Crippen LogP contribution in [0.15, 0.2) is 12.1 Å². The topological polar surface area (TPSA) is 43.4 Å². The van der Waals surface area contributed by atoms with Crippen molar-refractivity contribution in [2.75, 3.05) is 26.4 Å². The summed E-state index contributed by atoms with van der Waals surface area (Å²) in [5.41, 5.74) is 2.29. The Morgan fingerprint density at radius 2 is 1.90 bits per heavy atom. The maximum absolute atomic E-state index is 5.73. The molecule has 1 aromatic rings. The number of hydrogen-bond donors (Lipinski definition) is 1. The Bertz CT molecular complexity index is 414. The maximum Gasteiger partial charge on any atom is 0.213 e. The highest BCUT2D eigenvalue weighted by molar-refractivity contribution is 5.28. The van der Waals surface area contributed by atoms with Crippen LogP contribution in [-0.4, -0.2) is 31.3 Å². The molecule has 1 aromatic heterocycles. The number of ether oxygens (including phenoxy) is 2. The predicted octanol–water partition coefficient (Wildman–Crippen LogP) is 3.29. The first-order valence-corrected chi connectivity index (χ1v) is 7.90. The van der Waals surface area contributed by atoms with E-state index in [1.165, 1.54) is 5.56 Å². The van der Waals surface area contributed by atoms with Gasteiger partial charge in [0.1, 0.15) is 6.61 Å². The fraction of sp³-hybridized carbons (Fsp3) is 0.706. The molecule has 0 fully saturated rings. The molecule has 0 aromatic carbocycles. The molecule has 4 nitrogen and oxygen atoms in total. The Hall–Kier alpha value is -1.13. The fourth-order valence-electron chi connectivity index (χ4n) is 1.88. The zero-order valence-corrected chi connectivity index (χ0v) is 14.2. The van der Waals surface area contributed by atoms with Gasteiger partial charge in [-0.2, -0.15) is 0 Å². The van der Waals surface area contributed by atoms with Crippen molar-refractivity contribution in [1.29, 1.82) is 0 Å². The van der Waals surface area contributed by atoms with Gasteiger partial charge in [0.2, 0.25) is 5.88 Å². The Kier molecular flexibility index (Phi) is 7.68. The maximum atomic E-state index is 5.73. The van der Waals surface area contributed by atoms with Gasteiger partial charge in [-0.1, -0.05) is 27.7 Å². The predicted molar refractivity (Wildman–Crippen MR) is 86.9 cm³/mol. The van der Waals surface area contributed by atoms with Crippen molar-refractivity contribution in [2.24, 2.45) is 0 Å². The first-order valence-electron chi connectivity index (χ1n) is 7.90. The Labute approximate surface area is 129 Å². The molecular weight excluding hydrogens is 264 g/mol. The van der Waals surface area contributed by atoms with Crippen LogP contribution in [0.4, 0.5) is 0 Å². The highest BCUT2D eigenvalue weighted by Gasteiger charge is 2.17. The second-order valence-electron chi connectivity index (χ2n) is 6.17. The summed E-state index contributed by atoms with van der Waals surface area (Å²) in [6, 6.07) is 4.18. The highest BCUT2D eigenvalue weighted by Crippen LogP contribution is 2.24. The lowest BCUT2D eigenvalue weighted by molar-refractivity contribution is 0.108. The Balaban J connectivity index is 2.77. The van der Waals surface area contributed by atoms with E-state index >= 15 is 0 Å². The third kappa shape index (κ3) is 6.91. The number of aromatic nitrogens is 1. The van der Waals surface area contributed by atoms with Crippen molar-refractivity contribution in [3.63, 3.8) is 0 Å². The van der Waals surface area contributed by atoms with Crippen molar-refractivity contribution in [3.8, 4) is 5.88 Å². The van der Waals surface area contributed by atoms with E-state index < -0.39 is 0 Å². The molecule has 1 heterocycles. The second-order valence-corrected chi connectivity index (χ2v) is 6.17. The minimum absolute atomic E-state index is 0.0127. The van der Waals surface area contributed by atoms with E-state index in [-0.39, 0.29) is 5.41 Å². The van der Waals surface area contributed by atoms with Gasteiger partial charge in [0.25, 0.3) is 0 Å². The average Bonchev–Trinajstić information content (AvgIpc) is 2.43. The van der Waals surface area contributed by atoms with Crippen molar-refractivity contribution in [1.82, 2.24) is 10.3 Å². The Morgan fingerprint density at radius 3 is 2.52 bits per heavy atom. The van der Waals surface area contributed by atoms with Gasteiger partial charge in [-0.25, -0.2) is 4.98 Å². The molecule has 0 bridgehead atoms. The SMILES string of the molecule is CCCNCc1cc(OCCOCC)nc(C(C)(C)C)c1. The van der Waals surface area contributed by atoms with Crippen LogP contribution in [-0.2, 0) is 16.7 Å². The molecule has 0 saturated heterocycles. The molecule has 21 heavy (non-hydrogen) atoms. The lowest BCUT2D eigenvalue weighted by atomic mass is 9.91. The summed E-state index contributed by atoms with van der Waals surface area (Å²) in [6.07, 6.45) is 1.13. The molecule has 1 rings (SSSR count). The van der Waals surface area contributed by atoms with E-state index in [1.54, 1.807) is 0 Å². The molecule has 0 saturated carbocycles. The van der Waals surface area contributed by atoms with Crippen LogP contribution in [0.1, 0.15) is 52.3 Å². The second kappa shape index (κ2) is 9.00. The van der Waals surface area contributed by atoms with Gasteiger partial charge in [-0.15, -0.1) is 0 Å². The number of nitrogens with one attached hydrogen (secondary N) is 1. The molecule has 120 valence electrons. The molecule has 0 radical (unpaired) electrons. The molecule has 0 spiro atoms. The number of nitrogens with zero attached hydrogens (tertiary/aromatic N) is 1. The van der Waals surface area contributed by atoms with E-state index in [4.69, 9.17) is 9.47 Å². The van der Waals surface area contributed by atoms with Gasteiger partial charge in [0, 0.05) is 24.6 Å². The van der Waals surface area contributed by atoms with Gasteiger partial charge < -0.3 is 14.8 Å². The molecule has 0 unspecified atom stereocenters. The quantitative estimate of drug-likeness (QED) is 0.710. The summed E-state index contributed by atoms with van der Waals surface area (Å²) in [4.78, 5) is 4.62. The van der Waals surface area contributed by atoms with E-state index in [1.807, 2.05) is 13.0 Å². The van der Waals surface area contributed by atoms with Gasteiger partial charge in [-0.05, 0) is 31.5 Å². The third-order valence-electron chi connectivity index (χ3n) is 3.07. The standard InChI is InChI=1S/C17H30N2O2/c1-6-8-18-13-14-11-15(17(3,4)5)19-16(12-14)21-10-9-20-7-2/h11-12,18H,6-10,13H2,1-5H3. The van der Waals surface area contributed by atoms with Crippen LogP contribution in [0.2, 0.25) is 0 Å². The summed E-state index contributed by atoms with van der Waals surface area (Å²) in [7, 11) is 0. The lowest BCUT2D eigenvalue weighted by Crippen LogP contribution is -2.18. The Morgan fingerprint density at radius 1 is 1.14 bits per heavy atom. The van der Waals surface area contributed by atoms with Gasteiger partial charge in [0.05, 0.1) is 12.3 Å². The normalized spacial score (nSPS) is 11.7. The first-order chi connectivity index (χ1) is 9.97. The van der Waals surface area contributed by atoms with Crippen LogP contribution >= 0.6 is 0 Å². The highest BCUT2D eigenvalue weighted by atomic mass is 16.5. The van der Waals surface area contributed by atoms with E-state index in [9.17, 15) is 0 Å². The van der Waals surface area contributed by atoms with Crippen molar-refractivity contribution < 1.29 is 9.47 Å². The van der Waals surface area contributed by atoms with E-state index in [0.29, 0.717) is 25.7 Å². The van der Waals surface area contributed by atoms with E-state index in [0.717, 1.165) is 25.2 Å². The van der Waals surface area contributed by atoms with Crippen LogP contribution in [0.25, 0.3) is 0 Å². The molecule has 0 aliphatic heterocycles.